The zero-order valence-electron chi connectivity index (χ0n) is 28.4. The summed E-state index contributed by atoms with van der Waals surface area (Å²) in [6.07, 6.45) is 9.08. The Morgan fingerprint density at radius 3 is 0.720 bits per heavy atom. The Balaban J connectivity index is 0.000000264. The first-order valence-corrected chi connectivity index (χ1v) is 19.3. The summed E-state index contributed by atoms with van der Waals surface area (Å²) >= 11 is 0. The van der Waals surface area contributed by atoms with E-state index in [-0.39, 0.29) is 43.5 Å². The molecule has 0 bridgehead atoms. The van der Waals surface area contributed by atoms with E-state index >= 15 is 0 Å². The second kappa shape index (κ2) is 26.6. The topological polar surface area (TPSA) is 4.36 Å². The van der Waals surface area contributed by atoms with Crippen LogP contribution in [0.4, 0.5) is 0 Å². The summed E-state index contributed by atoms with van der Waals surface area (Å²) in [4.78, 5) is 2.99. The average molecular weight is 890 g/mol. The molecule has 0 spiro atoms. The van der Waals surface area contributed by atoms with Crippen molar-refractivity contribution in [3.05, 3.63) is 206 Å². The van der Waals surface area contributed by atoms with Gasteiger partial charge >= 0.3 is 19.5 Å². The summed E-state index contributed by atoms with van der Waals surface area (Å²) < 4.78 is 0. The van der Waals surface area contributed by atoms with E-state index in [0.29, 0.717) is 6.54 Å². The third-order valence-electron chi connectivity index (χ3n) is 7.56. The van der Waals surface area contributed by atoms with Crippen LogP contribution >= 0.6 is 15.8 Å². The molecule has 0 N–H and O–H groups in total. The molecular formula is C45H45INP2Ru+. The molecule has 0 amide bonds. The Hall–Kier alpha value is -3.24. The number of hydrogen-bond donors (Lipinski definition) is 0. The molecule has 0 atom stereocenters. The van der Waals surface area contributed by atoms with E-state index in [1.807, 2.05) is 0 Å². The molecule has 0 heterocycles. The summed E-state index contributed by atoms with van der Waals surface area (Å²) in [7, 11) is -0.892. The molecule has 1 aliphatic rings. The van der Waals surface area contributed by atoms with Crippen LogP contribution in [0, 0.1) is 6.57 Å². The molecule has 6 aromatic carbocycles. The van der Waals surface area contributed by atoms with E-state index in [0.717, 1.165) is 0 Å². The molecule has 5 heteroatoms. The zero-order chi connectivity index (χ0) is 33.5. The van der Waals surface area contributed by atoms with Gasteiger partial charge in [-0.15, -0.1) is 0 Å². The second-order valence-electron chi connectivity index (χ2n) is 11.1. The van der Waals surface area contributed by atoms with Crippen molar-refractivity contribution in [1.82, 2.24) is 0 Å². The number of nitrogens with zero attached hydrogens (tertiary/aromatic N) is 1. The van der Waals surface area contributed by atoms with Crippen LogP contribution in [0.3, 0.4) is 0 Å². The van der Waals surface area contributed by atoms with Crippen molar-refractivity contribution in [3.8, 4) is 0 Å². The Bertz CT molecular complexity index is 1420. The van der Waals surface area contributed by atoms with Gasteiger partial charge in [0.2, 0.25) is 6.54 Å². The first-order chi connectivity index (χ1) is 23.8. The standard InChI is InChI=1S/2C18H15P.C5H10.C4H5N.HI.Ru/c2*1-4-10-16(11-5-1)19(17-12-6-2-7-13-17)18-14-8-3-9-15-18;1-2-4-5-3-1;1-3-4-5-2;;/h2*1-15H;1-5H2;3H,1,4H2;1H;/q;;;;;+2/p-1. The van der Waals surface area contributed by atoms with Gasteiger partial charge in [0.15, 0.2) is 0 Å². The molecule has 0 radical (unpaired) electrons. The molecule has 1 aliphatic carbocycles. The molecule has 0 aliphatic heterocycles. The molecule has 0 aromatic heterocycles. The average Bonchev–Trinajstić information content (AvgIpc) is 3.77. The molecule has 0 saturated heterocycles. The van der Waals surface area contributed by atoms with Crippen molar-refractivity contribution in [2.24, 2.45) is 0 Å². The molecule has 1 saturated carbocycles. The first-order valence-electron chi connectivity index (χ1n) is 16.7. The Morgan fingerprint density at radius 2 is 0.600 bits per heavy atom. The molecule has 50 heavy (non-hydrogen) atoms. The van der Waals surface area contributed by atoms with Crippen molar-refractivity contribution in [2.75, 3.05) is 6.54 Å². The van der Waals surface area contributed by atoms with Crippen molar-refractivity contribution < 1.29 is 43.5 Å². The van der Waals surface area contributed by atoms with Gasteiger partial charge in [0, 0.05) is 0 Å². The summed E-state index contributed by atoms with van der Waals surface area (Å²) in [5.41, 5.74) is 0. The van der Waals surface area contributed by atoms with Crippen LogP contribution in [0.1, 0.15) is 32.1 Å². The van der Waals surface area contributed by atoms with Crippen LogP contribution < -0.4 is 55.8 Å². The molecule has 6 aromatic rings. The summed E-state index contributed by atoms with van der Waals surface area (Å²) in [6.45, 7) is 9.94. The summed E-state index contributed by atoms with van der Waals surface area (Å²) in [5, 5.41) is 8.39. The van der Waals surface area contributed by atoms with E-state index < -0.39 is 15.8 Å². The smallest absolute Gasteiger partial charge is 1.00 e. The van der Waals surface area contributed by atoms with Gasteiger partial charge in [0.05, 0.1) is 0 Å². The SMILES string of the molecule is C1CCCC1.[C-]#[N+]CC=C.[I-].[Ru+2].c1ccc(P(c2ccccc2)c2ccccc2)cc1.c1ccc(P(c2ccccc2)c2ccccc2)cc1. The number of rotatable bonds is 7. The number of halogens is 1. The van der Waals surface area contributed by atoms with Gasteiger partial charge in [-0.1, -0.05) is 221 Å². The molecular weight excluding hydrogens is 844 g/mol. The monoisotopic (exact) mass is 890 g/mol. The van der Waals surface area contributed by atoms with Crippen molar-refractivity contribution in [3.63, 3.8) is 0 Å². The van der Waals surface area contributed by atoms with Gasteiger partial charge in [0.1, 0.15) is 0 Å². The van der Waals surface area contributed by atoms with Gasteiger partial charge in [0.25, 0.3) is 0 Å². The van der Waals surface area contributed by atoms with Gasteiger partial charge in [-0.25, -0.2) is 6.57 Å². The zero-order valence-corrected chi connectivity index (χ0v) is 34.1. The largest absolute Gasteiger partial charge is 2.00 e. The molecule has 1 fully saturated rings. The Morgan fingerprint density at radius 1 is 0.420 bits per heavy atom. The van der Waals surface area contributed by atoms with Crippen LogP contribution in [0.2, 0.25) is 0 Å². The van der Waals surface area contributed by atoms with Gasteiger partial charge < -0.3 is 28.8 Å². The molecule has 254 valence electrons. The minimum absolute atomic E-state index is 0. The normalized spacial score (nSPS) is 11.0. The van der Waals surface area contributed by atoms with E-state index in [2.05, 4.69) is 193 Å². The van der Waals surface area contributed by atoms with Crippen molar-refractivity contribution in [1.29, 1.82) is 0 Å². The predicted octanol–water partition coefficient (Wildman–Crippen LogP) is 6.93. The number of hydrogen-bond acceptors (Lipinski definition) is 0. The minimum Gasteiger partial charge on any atom is -1.00 e. The van der Waals surface area contributed by atoms with Gasteiger partial charge in [-0.05, 0) is 53.7 Å². The quantitative estimate of drug-likeness (QED) is 0.0539. The third kappa shape index (κ3) is 14.9. The van der Waals surface area contributed by atoms with Crippen molar-refractivity contribution >= 4 is 47.7 Å². The fourth-order valence-electron chi connectivity index (χ4n) is 5.31. The minimum atomic E-state index is -0.446. The summed E-state index contributed by atoms with van der Waals surface area (Å²) in [5.74, 6) is 0. The third-order valence-corrected chi connectivity index (χ3v) is 12.4. The van der Waals surface area contributed by atoms with Crippen LogP contribution in [0.25, 0.3) is 4.85 Å². The van der Waals surface area contributed by atoms with E-state index in [1.165, 1.54) is 63.9 Å². The number of benzene rings is 6. The van der Waals surface area contributed by atoms with Crippen LogP contribution in [-0.4, -0.2) is 6.54 Å². The van der Waals surface area contributed by atoms with Crippen LogP contribution in [-0.2, 0) is 19.5 Å². The van der Waals surface area contributed by atoms with E-state index in [1.54, 1.807) is 6.08 Å². The Kier molecular flexibility index (Phi) is 22.8. The maximum atomic E-state index is 6.16. The van der Waals surface area contributed by atoms with Crippen LogP contribution in [0.5, 0.6) is 0 Å². The second-order valence-corrected chi connectivity index (χ2v) is 15.5. The van der Waals surface area contributed by atoms with Gasteiger partial charge in [-0.2, -0.15) is 0 Å². The first kappa shape index (κ1) is 42.9. The maximum Gasteiger partial charge on any atom is 2.00 e. The molecule has 0 unspecified atom stereocenters. The predicted molar refractivity (Wildman–Crippen MR) is 215 cm³/mol. The van der Waals surface area contributed by atoms with Crippen molar-refractivity contribution in [2.45, 2.75) is 32.1 Å². The molecule has 1 nitrogen and oxygen atoms in total. The van der Waals surface area contributed by atoms with Gasteiger partial charge in [-0.3, -0.25) is 0 Å². The van der Waals surface area contributed by atoms with E-state index in [4.69, 9.17) is 6.57 Å². The maximum absolute atomic E-state index is 6.16. The fraction of sp³-hybridized carbons (Fsp3) is 0.133. The van der Waals surface area contributed by atoms with E-state index in [9.17, 15) is 0 Å². The van der Waals surface area contributed by atoms with Crippen LogP contribution in [0.15, 0.2) is 195 Å². The molecule has 7 rings (SSSR count). The summed E-state index contributed by atoms with van der Waals surface area (Å²) in [6, 6.07) is 64.7. The fourth-order valence-corrected chi connectivity index (χ4v) is 9.92. The Labute approximate surface area is 333 Å².